The number of Topliss-reactive ketones (excluding diaryl/α,β-unsaturated/α-hetero) is 1. The fourth-order valence-corrected chi connectivity index (χ4v) is 3.82. The maximum atomic E-state index is 12.5. The van der Waals surface area contributed by atoms with Gasteiger partial charge in [0, 0.05) is 12.0 Å². The van der Waals surface area contributed by atoms with Gasteiger partial charge in [-0.3, -0.25) is 18.9 Å². The summed E-state index contributed by atoms with van der Waals surface area (Å²) in [6, 6.07) is 4.16. The summed E-state index contributed by atoms with van der Waals surface area (Å²) in [7, 11) is -4.10. The standard InChI is InChI=1S/C16H15N3O6S/c1-9(20)10-2-4-11(5-3-10)26(24,25)18-12-8-17-14-7-6-13(16(22)23)19(14)15(12)21/h2-5,8,13,18H,6-7H2,1H3,(H,22,23)/t13-/m0/s1. The highest BCUT2D eigenvalue weighted by molar-refractivity contribution is 7.92. The van der Waals surface area contributed by atoms with Gasteiger partial charge in [0.15, 0.2) is 5.78 Å². The third-order valence-electron chi connectivity index (χ3n) is 4.12. The lowest BCUT2D eigenvalue weighted by molar-refractivity contribution is -0.140. The molecule has 0 bridgehead atoms. The first-order chi connectivity index (χ1) is 12.2. The molecule has 2 aromatic rings. The second kappa shape index (κ2) is 6.37. The molecule has 9 nitrogen and oxygen atoms in total. The Morgan fingerprint density at radius 3 is 2.50 bits per heavy atom. The van der Waals surface area contributed by atoms with Gasteiger partial charge in [0.2, 0.25) is 0 Å². The van der Waals surface area contributed by atoms with E-state index in [0.717, 1.165) is 10.8 Å². The van der Waals surface area contributed by atoms with E-state index in [1.807, 2.05) is 0 Å². The normalized spacial score (nSPS) is 16.1. The number of fused-ring (bicyclic) bond motifs is 1. The minimum atomic E-state index is -4.10. The van der Waals surface area contributed by atoms with Crippen LogP contribution in [-0.4, -0.2) is 34.8 Å². The van der Waals surface area contributed by atoms with E-state index in [1.54, 1.807) is 0 Å². The van der Waals surface area contributed by atoms with Crippen LogP contribution in [0.15, 0.2) is 40.2 Å². The Balaban J connectivity index is 1.96. The molecule has 0 fully saturated rings. The largest absolute Gasteiger partial charge is 0.480 e. The van der Waals surface area contributed by atoms with E-state index in [1.165, 1.54) is 31.2 Å². The Morgan fingerprint density at radius 1 is 1.27 bits per heavy atom. The molecule has 2 N–H and O–H groups in total. The summed E-state index contributed by atoms with van der Waals surface area (Å²) in [5.41, 5.74) is -0.742. The lowest BCUT2D eigenvalue weighted by Gasteiger charge is -2.12. The van der Waals surface area contributed by atoms with Crippen molar-refractivity contribution in [1.82, 2.24) is 9.55 Å². The van der Waals surface area contributed by atoms with Gasteiger partial charge in [0.1, 0.15) is 17.6 Å². The van der Waals surface area contributed by atoms with Crippen molar-refractivity contribution in [3.8, 4) is 0 Å². The Hall–Kier alpha value is -3.01. The zero-order chi connectivity index (χ0) is 19.1. The van der Waals surface area contributed by atoms with Crippen LogP contribution in [0.1, 0.15) is 35.6 Å². The molecule has 0 unspecified atom stereocenters. The number of nitrogens with one attached hydrogen (secondary N) is 1. The first-order valence-electron chi connectivity index (χ1n) is 7.68. The van der Waals surface area contributed by atoms with Gasteiger partial charge in [-0.25, -0.2) is 18.2 Å². The molecule has 0 spiro atoms. The van der Waals surface area contributed by atoms with Gasteiger partial charge in [-0.1, -0.05) is 12.1 Å². The molecule has 0 saturated heterocycles. The van der Waals surface area contributed by atoms with Crippen molar-refractivity contribution in [2.45, 2.75) is 30.7 Å². The van der Waals surface area contributed by atoms with Crippen LogP contribution in [0.2, 0.25) is 0 Å². The number of carbonyl (C=O) groups excluding carboxylic acids is 1. The molecule has 0 saturated carbocycles. The number of aliphatic carboxylic acids is 1. The summed E-state index contributed by atoms with van der Waals surface area (Å²) in [6.07, 6.45) is 1.63. The van der Waals surface area contributed by atoms with Crippen LogP contribution >= 0.6 is 0 Å². The molecule has 3 rings (SSSR count). The number of aromatic nitrogens is 2. The van der Waals surface area contributed by atoms with E-state index >= 15 is 0 Å². The van der Waals surface area contributed by atoms with Crippen LogP contribution in [0.3, 0.4) is 0 Å². The van der Waals surface area contributed by atoms with Crippen LogP contribution in [0.25, 0.3) is 0 Å². The zero-order valence-electron chi connectivity index (χ0n) is 13.7. The minimum absolute atomic E-state index is 0.137. The average Bonchev–Trinajstić information content (AvgIpc) is 3.02. The van der Waals surface area contributed by atoms with Crippen molar-refractivity contribution in [2.75, 3.05) is 4.72 Å². The van der Waals surface area contributed by atoms with Crippen molar-refractivity contribution < 1.29 is 23.1 Å². The van der Waals surface area contributed by atoms with Gasteiger partial charge in [0.05, 0.1) is 11.1 Å². The molecule has 0 aliphatic carbocycles. The molecule has 136 valence electrons. The summed E-state index contributed by atoms with van der Waals surface area (Å²) >= 11 is 0. The smallest absolute Gasteiger partial charge is 0.326 e. The highest BCUT2D eigenvalue weighted by atomic mass is 32.2. The number of nitrogens with zero attached hydrogens (tertiary/aromatic N) is 2. The predicted molar refractivity (Wildman–Crippen MR) is 90.7 cm³/mol. The number of ketones is 1. The van der Waals surface area contributed by atoms with Gasteiger partial charge in [-0.05, 0) is 25.5 Å². The van der Waals surface area contributed by atoms with Crippen LogP contribution in [0.4, 0.5) is 5.69 Å². The van der Waals surface area contributed by atoms with Crippen LogP contribution < -0.4 is 10.3 Å². The molecular formula is C16H15N3O6S. The summed E-state index contributed by atoms with van der Waals surface area (Å²) in [6.45, 7) is 1.36. The lowest BCUT2D eigenvalue weighted by Crippen LogP contribution is -2.31. The molecule has 0 amide bonds. The van der Waals surface area contributed by atoms with Crippen molar-refractivity contribution in [3.05, 3.63) is 52.2 Å². The molecule has 1 aromatic carbocycles. The molecule has 26 heavy (non-hydrogen) atoms. The third-order valence-corrected chi connectivity index (χ3v) is 5.50. The van der Waals surface area contributed by atoms with E-state index in [4.69, 9.17) is 0 Å². The maximum absolute atomic E-state index is 12.5. The topological polar surface area (TPSA) is 135 Å². The number of carboxylic acids is 1. The highest BCUT2D eigenvalue weighted by Gasteiger charge is 2.31. The average molecular weight is 377 g/mol. The van der Waals surface area contributed by atoms with E-state index in [2.05, 4.69) is 9.71 Å². The second-order valence-corrected chi connectivity index (χ2v) is 7.52. The minimum Gasteiger partial charge on any atom is -0.480 e. The number of carbonyl (C=O) groups is 2. The van der Waals surface area contributed by atoms with Gasteiger partial charge in [-0.15, -0.1) is 0 Å². The Kier molecular flexibility index (Phi) is 4.36. The fraction of sp³-hybridized carbons (Fsp3) is 0.250. The number of hydrogen-bond donors (Lipinski definition) is 2. The summed E-state index contributed by atoms with van der Waals surface area (Å²) in [5.74, 6) is -1.08. The van der Waals surface area contributed by atoms with Crippen LogP contribution in [0, 0.1) is 0 Å². The number of rotatable bonds is 5. The van der Waals surface area contributed by atoms with Gasteiger partial charge >= 0.3 is 5.97 Å². The van der Waals surface area contributed by atoms with Crippen molar-refractivity contribution in [2.24, 2.45) is 0 Å². The highest BCUT2D eigenvalue weighted by Crippen LogP contribution is 2.23. The molecule has 2 heterocycles. The number of carboxylic acid groups (broad SMARTS) is 1. The number of sulfonamides is 1. The summed E-state index contributed by atoms with van der Waals surface area (Å²) in [4.78, 5) is 38.9. The molecule has 1 aromatic heterocycles. The quantitative estimate of drug-likeness (QED) is 0.736. The Morgan fingerprint density at radius 2 is 1.92 bits per heavy atom. The fourth-order valence-electron chi connectivity index (χ4n) is 2.78. The Labute approximate surface area is 148 Å². The summed E-state index contributed by atoms with van der Waals surface area (Å²) < 4.78 is 28.1. The van der Waals surface area contributed by atoms with E-state index < -0.39 is 27.6 Å². The lowest BCUT2D eigenvalue weighted by atomic mass is 10.2. The summed E-state index contributed by atoms with van der Waals surface area (Å²) in [5, 5.41) is 9.20. The van der Waals surface area contributed by atoms with Crippen molar-refractivity contribution in [1.29, 1.82) is 0 Å². The number of benzene rings is 1. The second-order valence-electron chi connectivity index (χ2n) is 5.84. The number of hydrogen-bond acceptors (Lipinski definition) is 6. The van der Waals surface area contributed by atoms with Gasteiger partial charge in [0.25, 0.3) is 15.6 Å². The molecule has 1 aliphatic heterocycles. The van der Waals surface area contributed by atoms with Crippen molar-refractivity contribution >= 4 is 27.5 Å². The maximum Gasteiger partial charge on any atom is 0.326 e. The zero-order valence-corrected chi connectivity index (χ0v) is 14.5. The monoisotopic (exact) mass is 377 g/mol. The number of aryl methyl sites for hydroxylation is 1. The van der Waals surface area contributed by atoms with Crippen molar-refractivity contribution in [3.63, 3.8) is 0 Å². The third kappa shape index (κ3) is 3.10. The molecule has 0 radical (unpaired) electrons. The van der Waals surface area contributed by atoms with Crippen LogP contribution in [-0.2, 0) is 21.2 Å². The van der Waals surface area contributed by atoms with E-state index in [0.29, 0.717) is 17.8 Å². The SMILES string of the molecule is CC(=O)c1ccc(S(=O)(=O)Nc2cnc3n(c2=O)[C@H](C(=O)O)CC3)cc1. The van der Waals surface area contributed by atoms with E-state index in [9.17, 15) is 27.9 Å². The molecule has 1 atom stereocenters. The Bertz CT molecular complexity index is 1060. The van der Waals surface area contributed by atoms with Crippen LogP contribution in [0.5, 0.6) is 0 Å². The van der Waals surface area contributed by atoms with Gasteiger partial charge in [-0.2, -0.15) is 0 Å². The number of anilines is 1. The van der Waals surface area contributed by atoms with E-state index in [-0.39, 0.29) is 22.8 Å². The first-order valence-corrected chi connectivity index (χ1v) is 9.16. The predicted octanol–water partition coefficient (Wildman–Crippen LogP) is 0.819. The molecule has 10 heteroatoms. The first kappa shape index (κ1) is 17.8. The molecular weight excluding hydrogens is 362 g/mol. The van der Waals surface area contributed by atoms with Gasteiger partial charge < -0.3 is 5.11 Å². The molecule has 1 aliphatic rings.